The zero-order valence-electron chi connectivity index (χ0n) is 17.8. The van der Waals surface area contributed by atoms with E-state index in [0.29, 0.717) is 23.1 Å². The molecule has 2 amide bonds. The molecule has 0 N–H and O–H groups in total. The van der Waals surface area contributed by atoms with Crippen molar-refractivity contribution in [1.29, 1.82) is 0 Å². The summed E-state index contributed by atoms with van der Waals surface area (Å²) in [6.07, 6.45) is 5.37. The van der Waals surface area contributed by atoms with Crippen molar-refractivity contribution in [3.8, 4) is 5.75 Å². The Hall–Kier alpha value is -3.74. The van der Waals surface area contributed by atoms with Crippen molar-refractivity contribution in [2.24, 2.45) is 35.5 Å². The third-order valence-corrected chi connectivity index (χ3v) is 7.49. The molecule has 1 saturated heterocycles. The number of anilines is 1. The second kappa shape index (κ2) is 7.13. The smallest absolute Gasteiger partial charge is 0.343 e. The maximum absolute atomic E-state index is 13.3. The lowest BCUT2D eigenvalue weighted by atomic mass is 9.63. The largest absolute Gasteiger partial charge is 0.465 e. The summed E-state index contributed by atoms with van der Waals surface area (Å²) in [5.74, 6) is -0.407. The molecule has 7 rings (SSSR count). The van der Waals surface area contributed by atoms with Crippen LogP contribution in [-0.4, -0.2) is 30.9 Å². The van der Waals surface area contributed by atoms with Gasteiger partial charge in [-0.25, -0.2) is 14.5 Å². The minimum absolute atomic E-state index is 0.146. The van der Waals surface area contributed by atoms with Crippen LogP contribution in [0, 0.1) is 35.5 Å². The predicted octanol–water partition coefficient (Wildman–Crippen LogP) is 3.25. The SMILES string of the molecule is COC(=O)c1ccc(OC(=O)c2cccc(N3C(=O)[C@@H]4[C@@H]5C=C[C@H]([C@H]6C[C@H]56)[C@@H]4C3=O)c2)cc1. The summed E-state index contributed by atoms with van der Waals surface area (Å²) >= 11 is 0. The standard InChI is InChI=1S/C26H21NO6/c1-32-25(30)13-5-7-16(8-6-13)33-26(31)14-3-2-4-15(11-14)27-23(28)21-17-9-10-18(20-12-19(17)20)22(21)24(27)29/h2-11,17-22H,12H2,1H3/t17-,18-,19-,20-,21-,22+/m1/s1. The Kier molecular flexibility index (Phi) is 4.30. The molecule has 0 aromatic heterocycles. The molecule has 6 atom stereocenters. The topological polar surface area (TPSA) is 90.0 Å². The molecule has 4 aliphatic carbocycles. The van der Waals surface area contributed by atoms with E-state index >= 15 is 0 Å². The first kappa shape index (κ1) is 19.9. The molecule has 7 heteroatoms. The van der Waals surface area contributed by atoms with Crippen molar-refractivity contribution >= 4 is 29.4 Å². The molecule has 0 spiro atoms. The summed E-state index contributed by atoms with van der Waals surface area (Å²) in [4.78, 5) is 52.1. The summed E-state index contributed by atoms with van der Waals surface area (Å²) in [7, 11) is 1.29. The van der Waals surface area contributed by atoms with Crippen LogP contribution in [0.3, 0.4) is 0 Å². The fraction of sp³-hybridized carbons (Fsp3) is 0.308. The highest BCUT2D eigenvalue weighted by Crippen LogP contribution is 2.65. The lowest BCUT2D eigenvalue weighted by Gasteiger charge is -2.37. The van der Waals surface area contributed by atoms with Crippen molar-refractivity contribution in [1.82, 2.24) is 0 Å². The van der Waals surface area contributed by atoms with Crippen LogP contribution < -0.4 is 9.64 Å². The molecule has 2 bridgehead atoms. The van der Waals surface area contributed by atoms with Crippen LogP contribution >= 0.6 is 0 Å². The van der Waals surface area contributed by atoms with Crippen LogP contribution in [0.5, 0.6) is 5.75 Å². The molecule has 1 aliphatic heterocycles. The van der Waals surface area contributed by atoms with Gasteiger partial charge in [0.05, 0.1) is 35.8 Å². The molecule has 1 heterocycles. The van der Waals surface area contributed by atoms with Gasteiger partial charge in [0, 0.05) is 0 Å². The van der Waals surface area contributed by atoms with Gasteiger partial charge in [0.15, 0.2) is 0 Å². The van der Waals surface area contributed by atoms with E-state index < -0.39 is 11.9 Å². The van der Waals surface area contributed by atoms with Gasteiger partial charge in [-0.2, -0.15) is 0 Å². The first-order valence-corrected chi connectivity index (χ1v) is 11.0. The van der Waals surface area contributed by atoms with Crippen molar-refractivity contribution in [2.45, 2.75) is 6.42 Å². The molecule has 3 fully saturated rings. The maximum Gasteiger partial charge on any atom is 0.343 e. The van der Waals surface area contributed by atoms with Gasteiger partial charge in [-0.3, -0.25) is 9.59 Å². The second-order valence-electron chi connectivity index (χ2n) is 9.12. The van der Waals surface area contributed by atoms with Crippen LogP contribution in [-0.2, 0) is 14.3 Å². The first-order valence-electron chi connectivity index (χ1n) is 11.0. The van der Waals surface area contributed by atoms with Crippen molar-refractivity contribution < 1.29 is 28.7 Å². The van der Waals surface area contributed by atoms with Crippen LogP contribution in [0.4, 0.5) is 5.69 Å². The third kappa shape index (κ3) is 2.95. The number of carbonyl (C=O) groups excluding carboxylic acids is 4. The molecule has 5 aliphatic rings. The first-order chi connectivity index (χ1) is 16.0. The number of amides is 2. The van der Waals surface area contributed by atoms with Gasteiger partial charge in [-0.05, 0) is 72.6 Å². The molecule has 33 heavy (non-hydrogen) atoms. The Morgan fingerprint density at radius 1 is 0.848 bits per heavy atom. The average molecular weight is 443 g/mol. The van der Waals surface area contributed by atoms with Crippen molar-refractivity contribution in [3.63, 3.8) is 0 Å². The number of benzene rings is 2. The number of hydrogen-bond donors (Lipinski definition) is 0. The number of esters is 2. The Balaban J connectivity index is 1.23. The van der Waals surface area contributed by atoms with Crippen LogP contribution in [0.25, 0.3) is 0 Å². The maximum atomic E-state index is 13.3. The van der Waals surface area contributed by atoms with Crippen molar-refractivity contribution in [2.75, 3.05) is 12.0 Å². The third-order valence-electron chi connectivity index (χ3n) is 7.49. The number of rotatable bonds is 4. The van der Waals surface area contributed by atoms with Crippen LogP contribution in [0.2, 0.25) is 0 Å². The van der Waals surface area contributed by atoms with Crippen LogP contribution in [0.1, 0.15) is 27.1 Å². The zero-order valence-corrected chi connectivity index (χ0v) is 17.8. The van der Waals surface area contributed by atoms with Gasteiger partial charge in [0.2, 0.25) is 11.8 Å². The summed E-state index contributed by atoms with van der Waals surface area (Å²) in [5.41, 5.74) is 0.958. The van der Waals surface area contributed by atoms with E-state index in [1.54, 1.807) is 18.2 Å². The number of nitrogens with zero attached hydrogens (tertiary/aromatic N) is 1. The molecule has 0 unspecified atom stereocenters. The Labute approximate surface area is 190 Å². The van der Waals surface area contributed by atoms with E-state index in [1.165, 1.54) is 42.3 Å². The minimum atomic E-state index is -0.623. The molecule has 7 nitrogen and oxygen atoms in total. The highest BCUT2D eigenvalue weighted by Gasteiger charge is 2.67. The van der Waals surface area contributed by atoms with Crippen LogP contribution in [0.15, 0.2) is 60.7 Å². The Morgan fingerprint density at radius 3 is 2.09 bits per heavy atom. The number of ether oxygens (including phenoxy) is 2. The van der Waals surface area contributed by atoms with Gasteiger partial charge in [0.25, 0.3) is 0 Å². The fourth-order valence-corrected chi connectivity index (χ4v) is 5.93. The van der Waals surface area contributed by atoms with E-state index in [0.717, 1.165) is 6.42 Å². The predicted molar refractivity (Wildman–Crippen MR) is 116 cm³/mol. The number of imide groups is 1. The number of hydrogen-bond acceptors (Lipinski definition) is 6. The second-order valence-corrected chi connectivity index (χ2v) is 9.12. The highest BCUT2D eigenvalue weighted by atomic mass is 16.5. The van der Waals surface area contributed by atoms with E-state index in [1.807, 2.05) is 0 Å². The lowest BCUT2D eigenvalue weighted by molar-refractivity contribution is -0.124. The van der Waals surface area contributed by atoms with Crippen molar-refractivity contribution in [3.05, 3.63) is 71.8 Å². The zero-order chi connectivity index (χ0) is 22.9. The molecule has 166 valence electrons. The lowest BCUT2D eigenvalue weighted by Crippen LogP contribution is -2.40. The Bertz CT molecular complexity index is 1200. The summed E-state index contributed by atoms with van der Waals surface area (Å²) in [6, 6.07) is 12.4. The van der Waals surface area contributed by atoms with E-state index in [4.69, 9.17) is 4.74 Å². The molecular weight excluding hydrogens is 422 g/mol. The van der Waals surface area contributed by atoms with E-state index in [-0.39, 0.29) is 46.8 Å². The summed E-state index contributed by atoms with van der Waals surface area (Å²) in [5, 5.41) is 0. The Morgan fingerprint density at radius 2 is 1.48 bits per heavy atom. The molecule has 2 saturated carbocycles. The molecule has 0 radical (unpaired) electrons. The fourth-order valence-electron chi connectivity index (χ4n) is 5.93. The van der Waals surface area contributed by atoms with Gasteiger partial charge < -0.3 is 9.47 Å². The number of methoxy groups -OCH3 is 1. The highest BCUT2D eigenvalue weighted by molar-refractivity contribution is 6.23. The van der Waals surface area contributed by atoms with Gasteiger partial charge in [-0.1, -0.05) is 18.2 Å². The molecular formula is C26H21NO6. The van der Waals surface area contributed by atoms with Gasteiger partial charge in [0.1, 0.15) is 5.75 Å². The molecule has 2 aromatic carbocycles. The average Bonchev–Trinajstić information content (AvgIpc) is 3.62. The number of allylic oxidation sites excluding steroid dienone is 2. The van der Waals surface area contributed by atoms with Gasteiger partial charge in [-0.15, -0.1) is 0 Å². The van der Waals surface area contributed by atoms with E-state index in [2.05, 4.69) is 16.9 Å². The number of carbonyl (C=O) groups is 4. The van der Waals surface area contributed by atoms with E-state index in [9.17, 15) is 19.2 Å². The monoisotopic (exact) mass is 443 g/mol. The minimum Gasteiger partial charge on any atom is -0.465 e. The van der Waals surface area contributed by atoms with Gasteiger partial charge >= 0.3 is 11.9 Å². The molecule has 2 aromatic rings. The quantitative estimate of drug-likeness (QED) is 0.312. The normalized spacial score (nSPS) is 30.6. The summed E-state index contributed by atoms with van der Waals surface area (Å²) in [6.45, 7) is 0. The summed E-state index contributed by atoms with van der Waals surface area (Å²) < 4.78 is 10.1.